The van der Waals surface area contributed by atoms with E-state index in [-0.39, 0.29) is 49.0 Å². The Hall–Kier alpha value is -3.91. The molecular weight excluding hydrogens is 597 g/mol. The second kappa shape index (κ2) is 15.9. The predicted octanol–water partition coefficient (Wildman–Crippen LogP) is 6.60. The van der Waals surface area contributed by atoms with Crippen molar-refractivity contribution in [2.24, 2.45) is 5.92 Å². The molecule has 2 aromatic carbocycles. The van der Waals surface area contributed by atoms with E-state index in [1.54, 1.807) is 35.6 Å². The molecule has 1 heterocycles. The lowest BCUT2D eigenvalue weighted by Gasteiger charge is -2.34. The molecule has 4 rings (SSSR count). The van der Waals surface area contributed by atoms with Crippen LogP contribution in [-0.2, 0) is 30.5 Å². The van der Waals surface area contributed by atoms with E-state index < -0.39 is 11.7 Å². The summed E-state index contributed by atoms with van der Waals surface area (Å²) in [5.74, 6) is 0.0189. The summed E-state index contributed by atoms with van der Waals surface area (Å²) in [5, 5.41) is 16.0. The van der Waals surface area contributed by atoms with E-state index in [0.29, 0.717) is 23.6 Å². The number of amides is 1. The van der Waals surface area contributed by atoms with Gasteiger partial charge in [-0.3, -0.25) is 4.79 Å². The predicted molar refractivity (Wildman–Crippen MR) is 172 cm³/mol. The number of imidazole rings is 1. The highest BCUT2D eigenvalue weighted by molar-refractivity contribution is 7.80. The lowest BCUT2D eigenvalue weighted by Crippen LogP contribution is -2.51. The molecule has 0 spiro atoms. The van der Waals surface area contributed by atoms with Crippen LogP contribution in [0.15, 0.2) is 61.1 Å². The Bertz CT molecular complexity index is 1460. The summed E-state index contributed by atoms with van der Waals surface area (Å²) in [7, 11) is 0. The van der Waals surface area contributed by atoms with Gasteiger partial charge in [0, 0.05) is 43.6 Å². The Kier molecular flexibility index (Phi) is 12.0. The number of aromatic nitrogens is 2. The van der Waals surface area contributed by atoms with Crippen LogP contribution < -0.4 is 10.6 Å². The van der Waals surface area contributed by atoms with Gasteiger partial charge >= 0.3 is 6.18 Å². The number of hydrogen-bond acceptors (Lipinski definition) is 4. The van der Waals surface area contributed by atoms with E-state index in [1.807, 2.05) is 30.5 Å². The van der Waals surface area contributed by atoms with Crippen molar-refractivity contribution >= 4 is 23.2 Å². The van der Waals surface area contributed by atoms with Gasteiger partial charge in [0.2, 0.25) is 5.91 Å². The van der Waals surface area contributed by atoms with Gasteiger partial charge in [-0.2, -0.15) is 18.4 Å². The van der Waals surface area contributed by atoms with Gasteiger partial charge in [0.15, 0.2) is 5.11 Å². The molecule has 0 aliphatic heterocycles. The molecule has 0 saturated heterocycles. The maximum atomic E-state index is 13.9. The van der Waals surface area contributed by atoms with E-state index in [1.165, 1.54) is 18.6 Å². The molecular formula is C34H41F3N6OS. The molecule has 1 atom stereocenters. The monoisotopic (exact) mass is 638 g/mol. The molecule has 0 radical (unpaired) electrons. The van der Waals surface area contributed by atoms with Gasteiger partial charge in [-0.05, 0) is 66.7 Å². The van der Waals surface area contributed by atoms with E-state index in [2.05, 4.69) is 21.7 Å². The molecule has 11 heteroatoms. The molecule has 0 unspecified atom stereocenters. The van der Waals surface area contributed by atoms with Crippen LogP contribution in [0, 0.1) is 17.2 Å². The SMILES string of the molecule is CC(C)C[C@@H](CN(Cc1ccccc1C(F)(F)F)C(=S)NC1CCCCC1)NC(=O)Cc1cncn1Cc1ccc(C#N)cc1. The van der Waals surface area contributed by atoms with Crippen LogP contribution in [-0.4, -0.2) is 44.1 Å². The minimum Gasteiger partial charge on any atom is -0.360 e. The summed E-state index contributed by atoms with van der Waals surface area (Å²) < 4.78 is 43.7. The zero-order valence-electron chi connectivity index (χ0n) is 25.8. The molecule has 1 saturated carbocycles. The van der Waals surface area contributed by atoms with Crippen LogP contribution in [0.2, 0.25) is 0 Å². The van der Waals surface area contributed by atoms with Gasteiger partial charge in [0.05, 0.1) is 29.9 Å². The quantitative estimate of drug-likeness (QED) is 0.218. The van der Waals surface area contributed by atoms with Gasteiger partial charge in [0.1, 0.15) is 0 Å². The number of hydrogen-bond donors (Lipinski definition) is 2. The Morgan fingerprint density at radius 2 is 1.84 bits per heavy atom. The van der Waals surface area contributed by atoms with Gasteiger partial charge in [-0.15, -0.1) is 0 Å². The maximum Gasteiger partial charge on any atom is 0.416 e. The first-order valence-electron chi connectivity index (χ1n) is 15.5. The average Bonchev–Trinajstić information content (AvgIpc) is 3.42. The molecule has 1 aliphatic rings. The number of halogens is 3. The van der Waals surface area contributed by atoms with Crippen molar-refractivity contribution in [3.63, 3.8) is 0 Å². The first-order valence-corrected chi connectivity index (χ1v) is 15.9. The van der Waals surface area contributed by atoms with E-state index in [4.69, 9.17) is 17.5 Å². The molecule has 240 valence electrons. The smallest absolute Gasteiger partial charge is 0.360 e. The van der Waals surface area contributed by atoms with Crippen LogP contribution in [0.5, 0.6) is 0 Å². The first kappa shape index (κ1) is 34.0. The number of benzene rings is 2. The van der Waals surface area contributed by atoms with Crippen LogP contribution in [0.1, 0.15) is 80.3 Å². The summed E-state index contributed by atoms with van der Waals surface area (Å²) >= 11 is 5.82. The van der Waals surface area contributed by atoms with Crippen molar-refractivity contribution in [2.75, 3.05) is 6.54 Å². The van der Waals surface area contributed by atoms with Crippen LogP contribution in [0.3, 0.4) is 0 Å². The van der Waals surface area contributed by atoms with Crippen LogP contribution >= 0.6 is 12.2 Å². The Balaban J connectivity index is 1.50. The summed E-state index contributed by atoms with van der Waals surface area (Å²) in [6.45, 7) is 4.83. The fourth-order valence-corrected chi connectivity index (χ4v) is 6.15. The Morgan fingerprint density at radius 3 is 2.51 bits per heavy atom. The maximum absolute atomic E-state index is 13.9. The lowest BCUT2D eigenvalue weighted by atomic mass is 9.96. The molecule has 45 heavy (non-hydrogen) atoms. The molecule has 2 N–H and O–H groups in total. The zero-order valence-corrected chi connectivity index (χ0v) is 26.6. The van der Waals surface area contributed by atoms with Crippen molar-refractivity contribution in [3.05, 3.63) is 89.0 Å². The number of carbonyl (C=O) groups is 1. The van der Waals surface area contributed by atoms with Crippen molar-refractivity contribution in [1.29, 1.82) is 5.26 Å². The minimum absolute atomic E-state index is 0.0317. The summed E-state index contributed by atoms with van der Waals surface area (Å²) in [5.41, 5.74) is 1.73. The molecule has 1 aliphatic carbocycles. The molecule has 1 fully saturated rings. The second-order valence-corrected chi connectivity index (χ2v) is 12.6. The van der Waals surface area contributed by atoms with Crippen LogP contribution in [0.25, 0.3) is 0 Å². The van der Waals surface area contributed by atoms with Gasteiger partial charge in [-0.25, -0.2) is 4.98 Å². The molecule has 3 aromatic rings. The summed E-state index contributed by atoms with van der Waals surface area (Å²) in [6, 6.07) is 14.8. The number of thiocarbonyl (C=S) groups is 1. The highest BCUT2D eigenvalue weighted by atomic mass is 32.1. The second-order valence-electron chi connectivity index (χ2n) is 12.2. The normalized spacial score (nSPS) is 14.5. The molecule has 1 aromatic heterocycles. The van der Waals surface area contributed by atoms with Crippen molar-refractivity contribution in [3.8, 4) is 6.07 Å². The number of nitrogens with zero attached hydrogens (tertiary/aromatic N) is 4. The molecule has 0 bridgehead atoms. The third-order valence-electron chi connectivity index (χ3n) is 8.04. The number of nitrogens with one attached hydrogen (secondary N) is 2. The van der Waals surface area contributed by atoms with E-state index in [9.17, 15) is 18.0 Å². The molecule has 7 nitrogen and oxygen atoms in total. The third kappa shape index (κ3) is 10.3. The number of rotatable bonds is 12. The van der Waals surface area contributed by atoms with Gasteiger partial charge in [0.25, 0.3) is 0 Å². The fraction of sp³-hybridized carbons (Fsp3) is 0.471. The first-order chi connectivity index (χ1) is 21.5. The van der Waals surface area contributed by atoms with E-state index in [0.717, 1.165) is 43.0 Å². The zero-order chi connectivity index (χ0) is 32.4. The fourth-order valence-electron chi connectivity index (χ4n) is 5.85. The van der Waals surface area contributed by atoms with Gasteiger partial charge < -0.3 is 20.1 Å². The highest BCUT2D eigenvalue weighted by Gasteiger charge is 2.34. The largest absolute Gasteiger partial charge is 0.416 e. The number of nitriles is 1. The van der Waals surface area contributed by atoms with Crippen molar-refractivity contribution in [2.45, 2.75) is 90.1 Å². The third-order valence-corrected chi connectivity index (χ3v) is 8.42. The average molecular weight is 639 g/mol. The van der Waals surface area contributed by atoms with Crippen molar-refractivity contribution < 1.29 is 18.0 Å². The number of alkyl halides is 3. The standard InChI is InChI=1S/C34H41F3N6OS/c1-24(2)16-29(40-32(44)17-30-19-39-23-43(30)20-26-14-12-25(18-38)13-15-26)22-42(33(45)41-28-9-4-3-5-10-28)21-27-8-6-7-11-31(27)34(35,36)37/h6-8,11-15,19,23-24,28-29H,3-5,9-10,16-17,20-22H2,1-2H3,(H,40,44)(H,41,45)/t29-/m0/s1. The topological polar surface area (TPSA) is 86.0 Å². The lowest BCUT2D eigenvalue weighted by molar-refractivity contribution is -0.138. The van der Waals surface area contributed by atoms with Crippen LogP contribution in [0.4, 0.5) is 13.2 Å². The van der Waals surface area contributed by atoms with Crippen molar-refractivity contribution in [1.82, 2.24) is 25.1 Å². The Labute approximate surface area is 268 Å². The highest BCUT2D eigenvalue weighted by Crippen LogP contribution is 2.32. The minimum atomic E-state index is -4.49. The van der Waals surface area contributed by atoms with E-state index >= 15 is 0 Å². The number of carbonyl (C=O) groups excluding carboxylic acids is 1. The van der Waals surface area contributed by atoms with Gasteiger partial charge in [-0.1, -0.05) is 63.4 Å². The summed E-state index contributed by atoms with van der Waals surface area (Å²) in [6.07, 6.45) is 4.83. The molecule has 1 amide bonds. The Morgan fingerprint density at radius 1 is 1.13 bits per heavy atom. The summed E-state index contributed by atoms with van der Waals surface area (Å²) in [4.78, 5) is 19.4.